The van der Waals surface area contributed by atoms with Crippen molar-refractivity contribution >= 4 is 23.1 Å². The van der Waals surface area contributed by atoms with Crippen molar-refractivity contribution in [3.05, 3.63) is 71.4 Å². The van der Waals surface area contributed by atoms with E-state index in [2.05, 4.69) is 5.32 Å². The molecule has 0 saturated heterocycles. The summed E-state index contributed by atoms with van der Waals surface area (Å²) < 4.78 is 12.8. The summed E-state index contributed by atoms with van der Waals surface area (Å²) in [6.45, 7) is 0.824. The van der Waals surface area contributed by atoms with E-state index in [1.807, 2.05) is 53.1 Å². The number of anilines is 1. The number of phenols is 1. The highest BCUT2D eigenvalue weighted by Gasteiger charge is 2.16. The molecule has 6 nitrogen and oxygen atoms in total. The van der Waals surface area contributed by atoms with Gasteiger partial charge in [0.15, 0.2) is 11.5 Å². The lowest BCUT2D eigenvalue weighted by Crippen LogP contribution is -2.03. The molecule has 7 heteroatoms. The molecule has 5 rings (SSSR count). The van der Waals surface area contributed by atoms with E-state index >= 15 is 0 Å². The summed E-state index contributed by atoms with van der Waals surface area (Å²) in [5, 5.41) is 13.7. The molecule has 0 bridgehead atoms. The Morgan fingerprint density at radius 3 is 2.71 bits per heavy atom. The van der Waals surface area contributed by atoms with E-state index in [-0.39, 0.29) is 12.5 Å². The van der Waals surface area contributed by atoms with Crippen LogP contribution in [0.1, 0.15) is 5.56 Å². The fourth-order valence-electron chi connectivity index (χ4n) is 3.24. The van der Waals surface area contributed by atoms with E-state index in [4.69, 9.17) is 26.1 Å². The van der Waals surface area contributed by atoms with Gasteiger partial charge in [-0.25, -0.2) is 4.98 Å². The number of benzene rings is 2. The van der Waals surface area contributed by atoms with Crippen molar-refractivity contribution in [2.75, 3.05) is 12.1 Å². The van der Waals surface area contributed by atoms with Crippen molar-refractivity contribution in [2.45, 2.75) is 6.54 Å². The second-order valence-electron chi connectivity index (χ2n) is 6.47. The zero-order valence-corrected chi connectivity index (χ0v) is 15.5. The molecule has 2 N–H and O–H groups in total. The van der Waals surface area contributed by atoms with Crippen molar-refractivity contribution in [1.82, 2.24) is 9.38 Å². The standard InChI is InChI=1S/C21H16ClN3O3/c22-15-4-8-19-24-20(14-2-5-16(26)6-3-14)21(25(19)11-15)23-10-13-1-7-17-18(9-13)28-12-27-17/h1-9,11,23,26H,10,12H2. The van der Waals surface area contributed by atoms with Crippen LogP contribution in [-0.2, 0) is 6.54 Å². The minimum Gasteiger partial charge on any atom is -0.508 e. The molecular weight excluding hydrogens is 378 g/mol. The first-order chi connectivity index (χ1) is 13.7. The first kappa shape index (κ1) is 16.8. The molecule has 4 aromatic rings. The first-order valence-electron chi connectivity index (χ1n) is 8.77. The third-order valence-electron chi connectivity index (χ3n) is 4.62. The maximum absolute atomic E-state index is 9.60. The van der Waals surface area contributed by atoms with Gasteiger partial charge in [-0.15, -0.1) is 0 Å². The van der Waals surface area contributed by atoms with Gasteiger partial charge < -0.3 is 19.9 Å². The number of hydrogen-bond donors (Lipinski definition) is 2. The van der Waals surface area contributed by atoms with Crippen molar-refractivity contribution < 1.29 is 14.6 Å². The third kappa shape index (κ3) is 2.97. The smallest absolute Gasteiger partial charge is 0.231 e. The predicted molar refractivity (Wildman–Crippen MR) is 107 cm³/mol. The van der Waals surface area contributed by atoms with E-state index in [0.29, 0.717) is 11.6 Å². The Morgan fingerprint density at radius 2 is 1.86 bits per heavy atom. The molecular formula is C21H16ClN3O3. The second-order valence-corrected chi connectivity index (χ2v) is 6.91. The minimum absolute atomic E-state index is 0.213. The van der Waals surface area contributed by atoms with Gasteiger partial charge in [-0.05, 0) is 54.1 Å². The van der Waals surface area contributed by atoms with Gasteiger partial charge in [0.2, 0.25) is 6.79 Å². The van der Waals surface area contributed by atoms with Gasteiger partial charge in [0.1, 0.15) is 22.9 Å². The summed E-state index contributed by atoms with van der Waals surface area (Å²) in [7, 11) is 0. The third-order valence-corrected chi connectivity index (χ3v) is 4.84. The van der Waals surface area contributed by atoms with Crippen LogP contribution in [-0.4, -0.2) is 21.3 Å². The molecule has 3 heterocycles. The Hall–Kier alpha value is -3.38. The van der Waals surface area contributed by atoms with Crippen LogP contribution in [0.4, 0.5) is 5.82 Å². The number of nitrogens with zero attached hydrogens (tertiary/aromatic N) is 2. The maximum atomic E-state index is 9.60. The number of hydrogen-bond acceptors (Lipinski definition) is 5. The van der Waals surface area contributed by atoms with Crippen molar-refractivity contribution in [3.63, 3.8) is 0 Å². The highest BCUT2D eigenvalue weighted by Crippen LogP contribution is 2.34. The lowest BCUT2D eigenvalue weighted by Gasteiger charge is -2.10. The molecule has 2 aromatic carbocycles. The van der Waals surface area contributed by atoms with Gasteiger partial charge in [-0.2, -0.15) is 0 Å². The number of rotatable bonds is 4. The molecule has 0 unspecified atom stereocenters. The van der Waals surface area contributed by atoms with Gasteiger partial charge in [-0.1, -0.05) is 17.7 Å². The topological polar surface area (TPSA) is 68.0 Å². The monoisotopic (exact) mass is 393 g/mol. The number of pyridine rings is 1. The zero-order chi connectivity index (χ0) is 19.1. The zero-order valence-electron chi connectivity index (χ0n) is 14.7. The minimum atomic E-state index is 0.213. The van der Waals surface area contributed by atoms with Gasteiger partial charge in [0.05, 0.1) is 5.02 Å². The largest absolute Gasteiger partial charge is 0.508 e. The molecule has 1 aliphatic heterocycles. The average molecular weight is 394 g/mol. The fraction of sp³-hybridized carbons (Fsp3) is 0.0952. The first-order valence-corrected chi connectivity index (χ1v) is 9.14. The van der Waals surface area contributed by atoms with Crippen molar-refractivity contribution in [2.24, 2.45) is 0 Å². The van der Waals surface area contributed by atoms with Crippen LogP contribution in [0, 0.1) is 0 Å². The summed E-state index contributed by atoms with van der Waals surface area (Å²) in [6, 6.07) is 16.5. The molecule has 0 amide bonds. The number of aromatic nitrogens is 2. The van der Waals surface area contributed by atoms with Crippen molar-refractivity contribution in [3.8, 4) is 28.5 Å². The van der Waals surface area contributed by atoms with E-state index in [0.717, 1.165) is 39.8 Å². The maximum Gasteiger partial charge on any atom is 0.231 e. The number of fused-ring (bicyclic) bond motifs is 2. The van der Waals surface area contributed by atoms with E-state index in [1.165, 1.54) is 0 Å². The lowest BCUT2D eigenvalue weighted by molar-refractivity contribution is 0.174. The molecule has 140 valence electrons. The second kappa shape index (κ2) is 6.65. The summed E-state index contributed by atoms with van der Waals surface area (Å²) in [4.78, 5) is 4.74. The molecule has 0 saturated carbocycles. The Labute approximate surface area is 165 Å². The highest BCUT2D eigenvalue weighted by atomic mass is 35.5. The molecule has 0 fully saturated rings. The van der Waals surface area contributed by atoms with Crippen LogP contribution >= 0.6 is 11.6 Å². The number of halogens is 1. The van der Waals surface area contributed by atoms with Crippen LogP contribution in [0.2, 0.25) is 5.02 Å². The van der Waals surface area contributed by atoms with Crippen LogP contribution < -0.4 is 14.8 Å². The van der Waals surface area contributed by atoms with Gasteiger partial charge in [-0.3, -0.25) is 4.40 Å². The SMILES string of the molecule is Oc1ccc(-c2nc3ccc(Cl)cn3c2NCc2ccc3c(c2)OCO3)cc1. The van der Waals surface area contributed by atoms with Crippen LogP contribution in [0.25, 0.3) is 16.9 Å². The van der Waals surface area contributed by atoms with E-state index in [9.17, 15) is 5.11 Å². The molecule has 0 atom stereocenters. The lowest BCUT2D eigenvalue weighted by atomic mass is 10.1. The van der Waals surface area contributed by atoms with Crippen LogP contribution in [0.15, 0.2) is 60.8 Å². The highest BCUT2D eigenvalue weighted by molar-refractivity contribution is 6.30. The average Bonchev–Trinajstić information content (AvgIpc) is 3.30. The van der Waals surface area contributed by atoms with Crippen LogP contribution in [0.3, 0.4) is 0 Å². The van der Waals surface area contributed by atoms with Gasteiger partial charge >= 0.3 is 0 Å². The Morgan fingerprint density at radius 1 is 1.04 bits per heavy atom. The molecule has 0 radical (unpaired) electrons. The summed E-state index contributed by atoms with van der Waals surface area (Å²) in [5.74, 6) is 2.54. The van der Waals surface area contributed by atoms with E-state index < -0.39 is 0 Å². The fourth-order valence-corrected chi connectivity index (χ4v) is 3.41. The van der Waals surface area contributed by atoms with E-state index in [1.54, 1.807) is 12.1 Å². The molecule has 0 aliphatic carbocycles. The summed E-state index contributed by atoms with van der Waals surface area (Å²) in [6.07, 6.45) is 1.83. The number of nitrogens with one attached hydrogen (secondary N) is 1. The normalized spacial score (nSPS) is 12.5. The molecule has 1 aliphatic rings. The number of aromatic hydroxyl groups is 1. The molecule has 0 spiro atoms. The number of imidazole rings is 1. The Kier molecular flexibility index (Phi) is 3.98. The quantitative estimate of drug-likeness (QED) is 0.526. The molecule has 28 heavy (non-hydrogen) atoms. The Bertz CT molecular complexity index is 1170. The molecule has 2 aromatic heterocycles. The van der Waals surface area contributed by atoms with Gasteiger partial charge in [0, 0.05) is 18.3 Å². The summed E-state index contributed by atoms with van der Waals surface area (Å²) >= 11 is 6.21. The van der Waals surface area contributed by atoms with Crippen molar-refractivity contribution in [1.29, 1.82) is 0 Å². The summed E-state index contributed by atoms with van der Waals surface area (Å²) in [5.41, 5.74) is 3.51. The Balaban J connectivity index is 1.54. The predicted octanol–water partition coefficient (Wildman–Crippen LogP) is 4.70. The number of ether oxygens (including phenoxy) is 2. The van der Waals surface area contributed by atoms with Crippen LogP contribution in [0.5, 0.6) is 17.2 Å². The van der Waals surface area contributed by atoms with Gasteiger partial charge in [0.25, 0.3) is 0 Å². The number of phenolic OH excluding ortho intramolecular Hbond substituents is 1.